The molecule has 0 bridgehead atoms. The van der Waals surface area contributed by atoms with Crippen LogP contribution in [0.5, 0.6) is 5.75 Å². The number of amides is 1. The Balaban J connectivity index is 1.60. The van der Waals surface area contributed by atoms with Gasteiger partial charge in [-0.25, -0.2) is 13.1 Å². The highest BCUT2D eigenvalue weighted by atomic mass is 32.2. The number of nitrogens with zero attached hydrogens (tertiary/aromatic N) is 1. The number of nitrogens with one attached hydrogen (secondary N) is 1. The van der Waals surface area contributed by atoms with Crippen LogP contribution in [0, 0.1) is 0 Å². The van der Waals surface area contributed by atoms with Crippen LogP contribution >= 0.6 is 0 Å². The van der Waals surface area contributed by atoms with E-state index in [0.29, 0.717) is 18.7 Å². The summed E-state index contributed by atoms with van der Waals surface area (Å²) in [4.78, 5) is 14.4. The normalized spacial score (nSPS) is 16.6. The molecule has 0 radical (unpaired) electrons. The summed E-state index contributed by atoms with van der Waals surface area (Å²) in [6, 6.07) is 13.5. The van der Waals surface area contributed by atoms with Gasteiger partial charge in [0.25, 0.3) is 5.91 Å². The lowest BCUT2D eigenvalue weighted by Gasteiger charge is -2.18. The van der Waals surface area contributed by atoms with Gasteiger partial charge >= 0.3 is 0 Å². The van der Waals surface area contributed by atoms with Crippen LogP contribution in [-0.2, 0) is 21.3 Å². The predicted molar refractivity (Wildman–Crippen MR) is 109 cm³/mol. The Kier molecular flexibility index (Phi) is 6.89. The topological polar surface area (TPSA) is 84.9 Å². The molecule has 2 aromatic rings. The van der Waals surface area contributed by atoms with Crippen LogP contribution in [0.3, 0.4) is 0 Å². The molecule has 1 atom stereocenters. The number of rotatable bonds is 8. The van der Waals surface area contributed by atoms with Crippen LogP contribution in [0.25, 0.3) is 0 Å². The van der Waals surface area contributed by atoms with E-state index in [1.165, 1.54) is 24.3 Å². The molecule has 1 aliphatic rings. The standard InChI is InChI=1S/C21H26N2O5S/c1-23(15-16-5-9-18(27-2)10-6-16)21(24)17-7-11-20(12-8-17)29(25,26)22-14-19-4-3-13-28-19/h5-12,19,22H,3-4,13-15H2,1-2H3. The Morgan fingerprint density at radius 1 is 1.17 bits per heavy atom. The number of ether oxygens (including phenoxy) is 2. The van der Waals surface area contributed by atoms with Crippen LogP contribution in [0.1, 0.15) is 28.8 Å². The van der Waals surface area contributed by atoms with E-state index in [-0.39, 0.29) is 23.5 Å². The van der Waals surface area contributed by atoms with E-state index in [4.69, 9.17) is 9.47 Å². The summed E-state index contributed by atoms with van der Waals surface area (Å²) in [7, 11) is -0.320. The molecule has 29 heavy (non-hydrogen) atoms. The average molecular weight is 419 g/mol. The fourth-order valence-electron chi connectivity index (χ4n) is 3.16. The van der Waals surface area contributed by atoms with Crippen molar-refractivity contribution in [1.82, 2.24) is 9.62 Å². The smallest absolute Gasteiger partial charge is 0.253 e. The molecule has 1 amide bonds. The Bertz CT molecular complexity index is 921. The highest BCUT2D eigenvalue weighted by molar-refractivity contribution is 7.89. The van der Waals surface area contributed by atoms with Crippen molar-refractivity contribution in [3.63, 3.8) is 0 Å². The summed E-state index contributed by atoms with van der Waals surface area (Å²) >= 11 is 0. The van der Waals surface area contributed by atoms with Gasteiger partial charge < -0.3 is 14.4 Å². The second-order valence-corrected chi connectivity index (χ2v) is 8.79. The molecule has 8 heteroatoms. The fourth-order valence-corrected chi connectivity index (χ4v) is 4.23. The van der Waals surface area contributed by atoms with Gasteiger partial charge in [0.2, 0.25) is 10.0 Å². The van der Waals surface area contributed by atoms with Crippen molar-refractivity contribution in [1.29, 1.82) is 0 Å². The van der Waals surface area contributed by atoms with Crippen LogP contribution < -0.4 is 9.46 Å². The molecule has 1 aliphatic heterocycles. The second kappa shape index (κ2) is 9.39. The lowest BCUT2D eigenvalue weighted by molar-refractivity contribution is 0.0785. The van der Waals surface area contributed by atoms with E-state index in [1.54, 1.807) is 19.1 Å². The van der Waals surface area contributed by atoms with E-state index in [2.05, 4.69) is 4.72 Å². The summed E-state index contributed by atoms with van der Waals surface area (Å²) in [5.41, 5.74) is 1.40. The van der Waals surface area contributed by atoms with Crippen molar-refractivity contribution < 1.29 is 22.7 Å². The van der Waals surface area contributed by atoms with Crippen molar-refractivity contribution >= 4 is 15.9 Å². The minimum atomic E-state index is -3.63. The van der Waals surface area contributed by atoms with Crippen molar-refractivity contribution in [2.45, 2.75) is 30.4 Å². The highest BCUT2D eigenvalue weighted by Gasteiger charge is 2.21. The zero-order valence-electron chi connectivity index (χ0n) is 16.6. The van der Waals surface area contributed by atoms with Gasteiger partial charge in [-0.2, -0.15) is 0 Å². The predicted octanol–water partition coefficient (Wildman–Crippen LogP) is 2.42. The van der Waals surface area contributed by atoms with E-state index >= 15 is 0 Å². The molecule has 2 aromatic carbocycles. The molecule has 1 heterocycles. The van der Waals surface area contributed by atoms with Crippen LogP contribution in [0.4, 0.5) is 0 Å². The van der Waals surface area contributed by atoms with Gasteiger partial charge in [-0.05, 0) is 54.8 Å². The molecule has 1 unspecified atom stereocenters. The third-order valence-corrected chi connectivity index (χ3v) is 6.30. The lowest BCUT2D eigenvalue weighted by atomic mass is 10.1. The van der Waals surface area contributed by atoms with Crippen molar-refractivity contribution in [2.75, 3.05) is 27.3 Å². The second-order valence-electron chi connectivity index (χ2n) is 7.02. The van der Waals surface area contributed by atoms with Gasteiger partial charge in [0, 0.05) is 32.3 Å². The Labute approximate surface area is 171 Å². The fraction of sp³-hybridized carbons (Fsp3) is 0.381. The molecule has 1 N–H and O–H groups in total. The van der Waals surface area contributed by atoms with Gasteiger partial charge in [-0.3, -0.25) is 4.79 Å². The van der Waals surface area contributed by atoms with Crippen LogP contribution in [-0.4, -0.2) is 52.6 Å². The van der Waals surface area contributed by atoms with Crippen molar-refractivity contribution in [3.8, 4) is 5.75 Å². The van der Waals surface area contributed by atoms with Crippen molar-refractivity contribution in [3.05, 3.63) is 59.7 Å². The van der Waals surface area contributed by atoms with Gasteiger partial charge in [0.1, 0.15) is 5.75 Å². The first-order valence-electron chi connectivity index (χ1n) is 9.49. The first-order chi connectivity index (χ1) is 13.9. The first kappa shape index (κ1) is 21.3. The Morgan fingerprint density at radius 2 is 1.86 bits per heavy atom. The van der Waals surface area contributed by atoms with E-state index in [1.807, 2.05) is 24.3 Å². The highest BCUT2D eigenvalue weighted by Crippen LogP contribution is 2.16. The maximum atomic E-state index is 12.7. The summed E-state index contributed by atoms with van der Waals surface area (Å²) in [6.07, 6.45) is 1.74. The third-order valence-electron chi connectivity index (χ3n) is 4.86. The lowest BCUT2D eigenvalue weighted by Crippen LogP contribution is -2.32. The zero-order valence-corrected chi connectivity index (χ0v) is 17.4. The Hall–Kier alpha value is -2.42. The quantitative estimate of drug-likeness (QED) is 0.712. The molecule has 1 fully saturated rings. The van der Waals surface area contributed by atoms with Gasteiger partial charge in [0.15, 0.2) is 0 Å². The molecule has 156 valence electrons. The molecule has 0 saturated carbocycles. The van der Waals surface area contributed by atoms with Gasteiger partial charge in [-0.15, -0.1) is 0 Å². The van der Waals surface area contributed by atoms with Crippen molar-refractivity contribution in [2.24, 2.45) is 0 Å². The number of hydrogen-bond acceptors (Lipinski definition) is 5. The maximum Gasteiger partial charge on any atom is 0.253 e. The molecule has 0 aromatic heterocycles. The first-order valence-corrected chi connectivity index (χ1v) is 11.0. The molecule has 1 saturated heterocycles. The third kappa shape index (κ3) is 5.56. The SMILES string of the molecule is COc1ccc(CN(C)C(=O)c2ccc(S(=O)(=O)NCC3CCCO3)cc2)cc1. The maximum absolute atomic E-state index is 12.7. The van der Waals surface area contributed by atoms with E-state index in [9.17, 15) is 13.2 Å². The minimum Gasteiger partial charge on any atom is -0.497 e. The molecule has 7 nitrogen and oxygen atoms in total. The molecule has 0 spiro atoms. The summed E-state index contributed by atoms with van der Waals surface area (Å²) in [6.45, 7) is 1.37. The summed E-state index contributed by atoms with van der Waals surface area (Å²) in [5.74, 6) is 0.574. The summed E-state index contributed by atoms with van der Waals surface area (Å²) < 4.78 is 38.0. The molecule has 0 aliphatic carbocycles. The Morgan fingerprint density at radius 3 is 2.45 bits per heavy atom. The molecular formula is C21H26N2O5S. The largest absolute Gasteiger partial charge is 0.497 e. The minimum absolute atomic E-state index is 0.0720. The van der Waals surface area contributed by atoms with Gasteiger partial charge in [-0.1, -0.05) is 12.1 Å². The van der Waals surface area contributed by atoms with Gasteiger partial charge in [0.05, 0.1) is 18.1 Å². The number of sulfonamides is 1. The number of carbonyl (C=O) groups excluding carboxylic acids is 1. The van der Waals surface area contributed by atoms with Crippen LogP contribution in [0.15, 0.2) is 53.4 Å². The number of methoxy groups -OCH3 is 1. The molecule has 3 rings (SSSR count). The number of benzene rings is 2. The van der Waals surface area contributed by atoms with E-state index < -0.39 is 10.0 Å². The van der Waals surface area contributed by atoms with Crippen LogP contribution in [0.2, 0.25) is 0 Å². The summed E-state index contributed by atoms with van der Waals surface area (Å²) in [5, 5.41) is 0. The molecular weight excluding hydrogens is 392 g/mol. The number of carbonyl (C=O) groups is 1. The number of hydrogen-bond donors (Lipinski definition) is 1. The van der Waals surface area contributed by atoms with E-state index in [0.717, 1.165) is 24.2 Å². The average Bonchev–Trinajstić information content (AvgIpc) is 3.26. The monoisotopic (exact) mass is 418 g/mol. The zero-order chi connectivity index (χ0) is 20.9.